The molecule has 1 aliphatic rings. The fraction of sp³-hybridized carbons (Fsp3) is 0.296. The molecule has 0 unspecified atom stereocenters. The van der Waals surface area contributed by atoms with Gasteiger partial charge in [-0.05, 0) is 74.2 Å². The van der Waals surface area contributed by atoms with Gasteiger partial charge < -0.3 is 9.88 Å². The highest BCUT2D eigenvalue weighted by molar-refractivity contribution is 7.90. The van der Waals surface area contributed by atoms with Gasteiger partial charge >= 0.3 is 0 Å². The van der Waals surface area contributed by atoms with Crippen LogP contribution in [-0.4, -0.2) is 37.3 Å². The summed E-state index contributed by atoms with van der Waals surface area (Å²) >= 11 is 0. The zero-order chi connectivity index (χ0) is 23.2. The molecule has 1 N–H and O–H groups in total. The molecule has 5 nitrogen and oxygen atoms in total. The maximum absolute atomic E-state index is 11.8. The van der Waals surface area contributed by atoms with E-state index in [0.29, 0.717) is 10.8 Å². The number of fused-ring (bicyclic) bond motifs is 1. The lowest BCUT2D eigenvalue weighted by Gasteiger charge is -2.23. The van der Waals surface area contributed by atoms with Gasteiger partial charge in [-0.3, -0.25) is 4.98 Å². The Morgan fingerprint density at radius 2 is 1.58 bits per heavy atom. The first-order valence-electron chi connectivity index (χ1n) is 11.4. The second kappa shape index (κ2) is 8.43. The quantitative estimate of drug-likeness (QED) is 0.462. The Hall–Kier alpha value is -2.96. The highest BCUT2D eigenvalue weighted by Crippen LogP contribution is 2.33. The van der Waals surface area contributed by atoms with Crippen LogP contribution in [0.1, 0.15) is 30.0 Å². The van der Waals surface area contributed by atoms with E-state index in [1.165, 1.54) is 24.7 Å². The van der Waals surface area contributed by atoms with Crippen LogP contribution in [-0.2, 0) is 16.9 Å². The molecule has 0 atom stereocenters. The molecule has 0 amide bonds. The molecule has 0 bridgehead atoms. The van der Waals surface area contributed by atoms with E-state index in [1.807, 2.05) is 26.1 Å². The summed E-state index contributed by atoms with van der Waals surface area (Å²) in [6.45, 7) is 4.24. The Labute approximate surface area is 195 Å². The summed E-state index contributed by atoms with van der Waals surface area (Å²) in [4.78, 5) is 5.24. The molecule has 170 valence electrons. The van der Waals surface area contributed by atoms with Crippen LogP contribution in [0.3, 0.4) is 0 Å². The van der Waals surface area contributed by atoms with Gasteiger partial charge in [0.05, 0.1) is 16.1 Å². The highest BCUT2D eigenvalue weighted by atomic mass is 32.2. The van der Waals surface area contributed by atoms with Gasteiger partial charge in [0.15, 0.2) is 9.84 Å². The Kier molecular flexibility index (Phi) is 5.59. The van der Waals surface area contributed by atoms with Crippen molar-refractivity contribution in [2.75, 3.05) is 19.3 Å². The molecule has 1 saturated heterocycles. The zero-order valence-corrected chi connectivity index (χ0v) is 20.1. The third-order valence-corrected chi connectivity index (χ3v) is 7.95. The van der Waals surface area contributed by atoms with Crippen LogP contribution in [0.5, 0.6) is 0 Å². The lowest BCUT2D eigenvalue weighted by molar-refractivity contribution is 0.460. The predicted octanol–water partition coefficient (Wildman–Crippen LogP) is 5.09. The lowest BCUT2D eigenvalue weighted by Crippen LogP contribution is -2.26. The van der Waals surface area contributed by atoms with E-state index in [-0.39, 0.29) is 0 Å². The Morgan fingerprint density at radius 1 is 0.939 bits per heavy atom. The first-order valence-corrected chi connectivity index (χ1v) is 13.3. The molecule has 0 saturated carbocycles. The summed E-state index contributed by atoms with van der Waals surface area (Å²) in [6.07, 6.45) is 3.62. The van der Waals surface area contributed by atoms with Crippen molar-refractivity contribution in [3.05, 3.63) is 71.9 Å². The fourth-order valence-corrected chi connectivity index (χ4v) is 5.49. The molecular formula is C27H29N3O2S. The number of aromatic nitrogens is 2. The maximum atomic E-state index is 11.8. The van der Waals surface area contributed by atoms with Gasteiger partial charge in [0, 0.05) is 35.6 Å². The van der Waals surface area contributed by atoms with E-state index in [4.69, 9.17) is 4.98 Å². The molecule has 0 aliphatic carbocycles. The van der Waals surface area contributed by atoms with Gasteiger partial charge in [-0.2, -0.15) is 0 Å². The molecule has 2 aromatic heterocycles. The van der Waals surface area contributed by atoms with Crippen molar-refractivity contribution in [1.29, 1.82) is 0 Å². The van der Waals surface area contributed by atoms with E-state index in [0.717, 1.165) is 52.2 Å². The molecule has 3 heterocycles. The summed E-state index contributed by atoms with van der Waals surface area (Å²) in [5.74, 6) is 0.641. The normalized spacial score (nSPS) is 15.2. The van der Waals surface area contributed by atoms with E-state index in [1.54, 1.807) is 12.1 Å². The SMILES string of the molecule is Cc1nc(-c2ccc(C3CCNCC3)cc2)cc2c1cc(-c1ccc(S(C)(=O)=O)cc1)n2C. The molecule has 0 radical (unpaired) electrons. The molecule has 1 fully saturated rings. The number of pyridine rings is 1. The topological polar surface area (TPSA) is 64.0 Å². The molecule has 2 aromatic carbocycles. The third kappa shape index (κ3) is 4.21. The monoisotopic (exact) mass is 459 g/mol. The summed E-state index contributed by atoms with van der Waals surface area (Å²) in [5.41, 5.74) is 7.62. The first-order chi connectivity index (χ1) is 15.8. The molecule has 1 aliphatic heterocycles. The van der Waals surface area contributed by atoms with E-state index in [2.05, 4.69) is 46.3 Å². The van der Waals surface area contributed by atoms with Crippen molar-refractivity contribution < 1.29 is 8.42 Å². The van der Waals surface area contributed by atoms with Gasteiger partial charge in [0.2, 0.25) is 0 Å². The van der Waals surface area contributed by atoms with Crippen molar-refractivity contribution in [3.8, 4) is 22.5 Å². The highest BCUT2D eigenvalue weighted by Gasteiger charge is 2.17. The van der Waals surface area contributed by atoms with Gasteiger partial charge in [0.25, 0.3) is 0 Å². The molecule has 6 heteroatoms. The Bertz CT molecular complexity index is 1410. The van der Waals surface area contributed by atoms with Crippen LogP contribution >= 0.6 is 0 Å². The number of sulfone groups is 1. The number of aryl methyl sites for hydroxylation is 2. The second-order valence-electron chi connectivity index (χ2n) is 9.06. The van der Waals surface area contributed by atoms with Gasteiger partial charge in [-0.1, -0.05) is 36.4 Å². The van der Waals surface area contributed by atoms with Crippen LogP contribution in [0, 0.1) is 6.92 Å². The predicted molar refractivity (Wildman–Crippen MR) is 134 cm³/mol. The molecular weight excluding hydrogens is 430 g/mol. The smallest absolute Gasteiger partial charge is 0.175 e. The number of rotatable bonds is 4. The molecule has 5 rings (SSSR count). The average Bonchev–Trinajstić information content (AvgIpc) is 3.16. The number of piperidine rings is 1. The molecule has 4 aromatic rings. The van der Waals surface area contributed by atoms with Gasteiger partial charge in [-0.25, -0.2) is 8.42 Å². The number of nitrogens with one attached hydrogen (secondary N) is 1. The van der Waals surface area contributed by atoms with E-state index >= 15 is 0 Å². The van der Waals surface area contributed by atoms with Crippen molar-refractivity contribution in [3.63, 3.8) is 0 Å². The average molecular weight is 460 g/mol. The van der Waals surface area contributed by atoms with Gasteiger partial charge in [0.1, 0.15) is 0 Å². The minimum absolute atomic E-state index is 0.332. The van der Waals surface area contributed by atoms with Gasteiger partial charge in [-0.15, -0.1) is 0 Å². The second-order valence-corrected chi connectivity index (χ2v) is 11.1. The van der Waals surface area contributed by atoms with Crippen LogP contribution in [0.25, 0.3) is 33.4 Å². The molecule has 0 spiro atoms. The standard InChI is InChI=1S/C27H29N3O2S/c1-18-24-16-26(22-8-10-23(11-9-22)33(3,31)32)30(2)27(24)17-25(29-18)21-6-4-19(5-7-21)20-12-14-28-15-13-20/h4-11,16-17,20,28H,12-15H2,1-3H3. The summed E-state index contributed by atoms with van der Waals surface area (Å²) < 4.78 is 25.8. The van der Waals surface area contributed by atoms with E-state index in [9.17, 15) is 8.42 Å². The third-order valence-electron chi connectivity index (χ3n) is 6.83. The Balaban J connectivity index is 1.51. The largest absolute Gasteiger partial charge is 0.344 e. The number of nitrogens with zero attached hydrogens (tertiary/aromatic N) is 2. The van der Waals surface area contributed by atoms with Crippen molar-refractivity contribution in [2.24, 2.45) is 7.05 Å². The maximum Gasteiger partial charge on any atom is 0.175 e. The fourth-order valence-electron chi connectivity index (χ4n) is 4.86. The van der Waals surface area contributed by atoms with Crippen molar-refractivity contribution >= 4 is 20.7 Å². The lowest BCUT2D eigenvalue weighted by atomic mass is 9.89. The zero-order valence-electron chi connectivity index (χ0n) is 19.3. The van der Waals surface area contributed by atoms with Crippen LogP contribution in [0.2, 0.25) is 0 Å². The Morgan fingerprint density at radius 3 is 2.21 bits per heavy atom. The van der Waals surface area contributed by atoms with Crippen molar-refractivity contribution in [2.45, 2.75) is 30.6 Å². The minimum atomic E-state index is -3.21. The summed E-state index contributed by atoms with van der Waals surface area (Å²) in [5, 5.41) is 4.54. The minimum Gasteiger partial charge on any atom is -0.344 e. The first kappa shape index (κ1) is 21.9. The van der Waals surface area contributed by atoms with Crippen LogP contribution < -0.4 is 5.32 Å². The van der Waals surface area contributed by atoms with Crippen LogP contribution in [0.15, 0.2) is 65.6 Å². The summed E-state index contributed by atoms with van der Waals surface area (Å²) in [7, 11) is -1.16. The van der Waals surface area contributed by atoms with E-state index < -0.39 is 9.84 Å². The number of hydrogen-bond donors (Lipinski definition) is 1. The van der Waals surface area contributed by atoms with Crippen molar-refractivity contribution in [1.82, 2.24) is 14.9 Å². The van der Waals surface area contributed by atoms with Crippen LogP contribution in [0.4, 0.5) is 0 Å². The summed E-state index contributed by atoms with van der Waals surface area (Å²) in [6, 6.07) is 20.3. The number of benzene rings is 2. The number of hydrogen-bond acceptors (Lipinski definition) is 4. The molecule has 33 heavy (non-hydrogen) atoms.